The van der Waals surface area contributed by atoms with Crippen LogP contribution in [-0.4, -0.2) is 70.5 Å². The first kappa shape index (κ1) is 19.4. The third-order valence-corrected chi connectivity index (χ3v) is 5.41. The minimum Gasteiger partial charge on any atom is -0.474 e. The number of nitrogens with zero attached hydrogens (tertiary/aromatic N) is 5. The maximum atomic E-state index is 12.7. The Morgan fingerprint density at radius 1 is 1.17 bits per heavy atom. The molecular formula is C20H22ClN5O3. The van der Waals surface area contributed by atoms with Crippen molar-refractivity contribution in [1.29, 1.82) is 0 Å². The van der Waals surface area contributed by atoms with Gasteiger partial charge in [-0.25, -0.2) is 14.8 Å². The lowest BCUT2D eigenvalue weighted by Crippen LogP contribution is -2.47. The molecule has 1 aromatic heterocycles. The van der Waals surface area contributed by atoms with Crippen LogP contribution in [0.15, 0.2) is 42.9 Å². The summed E-state index contributed by atoms with van der Waals surface area (Å²) < 4.78 is 5.84. The van der Waals surface area contributed by atoms with Crippen molar-refractivity contribution in [2.75, 3.05) is 37.6 Å². The lowest BCUT2D eigenvalue weighted by atomic mass is 10.1. The molecule has 29 heavy (non-hydrogen) atoms. The number of urea groups is 1. The highest BCUT2D eigenvalue weighted by Crippen LogP contribution is 2.24. The monoisotopic (exact) mass is 415 g/mol. The Bertz CT molecular complexity index is 873. The molecule has 4 rings (SSSR count). The molecule has 0 radical (unpaired) electrons. The van der Waals surface area contributed by atoms with Gasteiger partial charge in [0.1, 0.15) is 19.0 Å². The third kappa shape index (κ3) is 4.59. The Hall–Kier alpha value is -2.87. The zero-order valence-corrected chi connectivity index (χ0v) is 16.7. The van der Waals surface area contributed by atoms with E-state index in [-0.39, 0.29) is 24.6 Å². The molecule has 2 saturated heterocycles. The van der Waals surface area contributed by atoms with E-state index in [0.29, 0.717) is 37.1 Å². The molecule has 1 aromatic carbocycles. The fourth-order valence-corrected chi connectivity index (χ4v) is 3.80. The summed E-state index contributed by atoms with van der Waals surface area (Å²) in [6.45, 7) is 2.36. The number of piperidine rings is 1. The molecule has 0 bridgehead atoms. The second-order valence-electron chi connectivity index (χ2n) is 7.08. The molecule has 0 unspecified atom stereocenters. The zero-order valence-electron chi connectivity index (χ0n) is 15.9. The number of hydrogen-bond acceptors (Lipinski definition) is 5. The number of carbonyl (C=O) groups is 2. The summed E-state index contributed by atoms with van der Waals surface area (Å²) in [6, 6.07) is 8.74. The lowest BCUT2D eigenvalue weighted by Gasteiger charge is -2.32. The van der Waals surface area contributed by atoms with Crippen LogP contribution in [0.2, 0.25) is 5.02 Å². The third-order valence-electron chi connectivity index (χ3n) is 5.18. The van der Waals surface area contributed by atoms with Crippen LogP contribution in [0.5, 0.6) is 5.88 Å². The molecule has 152 valence electrons. The SMILES string of the molecule is O=C(CN1CCN(c2cccc(Cl)c2)C1=O)N1CCC(Oc2ccncn2)CC1. The average molecular weight is 416 g/mol. The molecule has 3 amide bonds. The predicted molar refractivity (Wildman–Crippen MR) is 108 cm³/mol. The summed E-state index contributed by atoms with van der Waals surface area (Å²) in [5, 5.41) is 0.580. The number of rotatable bonds is 5. The van der Waals surface area contributed by atoms with Gasteiger partial charge in [-0.1, -0.05) is 17.7 Å². The van der Waals surface area contributed by atoms with E-state index in [1.807, 2.05) is 12.1 Å². The van der Waals surface area contributed by atoms with Gasteiger partial charge in [0.05, 0.1) is 0 Å². The fraction of sp³-hybridized carbons (Fsp3) is 0.400. The van der Waals surface area contributed by atoms with Crippen molar-refractivity contribution < 1.29 is 14.3 Å². The first-order valence-electron chi connectivity index (χ1n) is 9.62. The van der Waals surface area contributed by atoms with E-state index < -0.39 is 0 Å². The van der Waals surface area contributed by atoms with Crippen LogP contribution < -0.4 is 9.64 Å². The highest BCUT2D eigenvalue weighted by atomic mass is 35.5. The molecule has 0 spiro atoms. The number of halogens is 1. The summed E-state index contributed by atoms with van der Waals surface area (Å²) in [5.74, 6) is 0.514. The molecule has 9 heteroatoms. The number of anilines is 1. The van der Waals surface area contributed by atoms with Crippen molar-refractivity contribution in [3.8, 4) is 5.88 Å². The second-order valence-corrected chi connectivity index (χ2v) is 7.52. The van der Waals surface area contributed by atoms with Crippen molar-refractivity contribution in [1.82, 2.24) is 19.8 Å². The number of ether oxygens (including phenoxy) is 1. The van der Waals surface area contributed by atoms with Crippen LogP contribution in [-0.2, 0) is 4.79 Å². The number of likely N-dealkylation sites (tertiary alicyclic amines) is 1. The smallest absolute Gasteiger partial charge is 0.325 e. The van der Waals surface area contributed by atoms with Gasteiger partial charge in [-0.3, -0.25) is 9.69 Å². The molecule has 0 saturated carbocycles. The van der Waals surface area contributed by atoms with E-state index in [4.69, 9.17) is 16.3 Å². The molecular weight excluding hydrogens is 394 g/mol. The molecule has 3 heterocycles. The highest BCUT2D eigenvalue weighted by Gasteiger charge is 2.33. The minimum absolute atomic E-state index is 0.0284. The quantitative estimate of drug-likeness (QED) is 0.749. The van der Waals surface area contributed by atoms with Crippen LogP contribution in [0.3, 0.4) is 0 Å². The zero-order chi connectivity index (χ0) is 20.2. The van der Waals surface area contributed by atoms with Crippen molar-refractivity contribution in [3.63, 3.8) is 0 Å². The summed E-state index contributed by atoms with van der Waals surface area (Å²) in [4.78, 5) is 38.4. The fourth-order valence-electron chi connectivity index (χ4n) is 3.62. The number of carbonyl (C=O) groups excluding carboxylic acids is 2. The van der Waals surface area contributed by atoms with Gasteiger partial charge >= 0.3 is 6.03 Å². The van der Waals surface area contributed by atoms with E-state index in [0.717, 1.165) is 18.5 Å². The van der Waals surface area contributed by atoms with Crippen LogP contribution in [0.4, 0.5) is 10.5 Å². The van der Waals surface area contributed by atoms with E-state index in [1.165, 1.54) is 6.33 Å². The Kier molecular flexibility index (Phi) is 5.80. The van der Waals surface area contributed by atoms with Crippen molar-refractivity contribution in [3.05, 3.63) is 47.9 Å². The first-order chi connectivity index (χ1) is 14.1. The van der Waals surface area contributed by atoms with E-state index in [2.05, 4.69) is 9.97 Å². The van der Waals surface area contributed by atoms with Gasteiger partial charge in [0.2, 0.25) is 11.8 Å². The molecule has 0 aliphatic carbocycles. The molecule has 8 nitrogen and oxygen atoms in total. The molecule has 2 aliphatic rings. The number of hydrogen-bond donors (Lipinski definition) is 0. The largest absolute Gasteiger partial charge is 0.474 e. The maximum Gasteiger partial charge on any atom is 0.325 e. The van der Waals surface area contributed by atoms with Crippen LogP contribution >= 0.6 is 11.6 Å². The Morgan fingerprint density at radius 2 is 2.00 bits per heavy atom. The molecule has 2 aromatic rings. The minimum atomic E-state index is -0.164. The summed E-state index contributed by atoms with van der Waals surface area (Å²) in [6.07, 6.45) is 4.59. The van der Waals surface area contributed by atoms with E-state index >= 15 is 0 Å². The van der Waals surface area contributed by atoms with E-state index in [1.54, 1.807) is 39.1 Å². The Labute approximate surface area is 174 Å². The number of aromatic nitrogens is 2. The van der Waals surface area contributed by atoms with Crippen molar-refractivity contribution in [2.24, 2.45) is 0 Å². The van der Waals surface area contributed by atoms with Crippen molar-refractivity contribution >= 4 is 29.2 Å². The average Bonchev–Trinajstić information content (AvgIpc) is 3.09. The predicted octanol–water partition coefficient (Wildman–Crippen LogP) is 2.44. The molecule has 0 N–H and O–H groups in total. The number of benzene rings is 1. The molecule has 0 atom stereocenters. The first-order valence-corrected chi connectivity index (χ1v) is 10.0. The van der Waals surface area contributed by atoms with Crippen LogP contribution in [0.1, 0.15) is 12.8 Å². The van der Waals surface area contributed by atoms with Gasteiger partial charge in [-0.15, -0.1) is 0 Å². The molecule has 2 aliphatic heterocycles. The van der Waals surface area contributed by atoms with Crippen LogP contribution in [0.25, 0.3) is 0 Å². The van der Waals surface area contributed by atoms with Gasteiger partial charge in [-0.05, 0) is 18.2 Å². The standard InChI is InChI=1S/C20H22ClN5O3/c21-15-2-1-3-16(12-15)26-11-10-25(20(26)28)13-19(27)24-8-5-17(6-9-24)29-18-4-7-22-14-23-18/h1-4,7,12,14,17H,5-6,8-11,13H2. The molecule has 2 fully saturated rings. The normalized spacial score (nSPS) is 17.7. The van der Waals surface area contributed by atoms with Crippen LogP contribution in [0, 0.1) is 0 Å². The number of amides is 3. The lowest BCUT2D eigenvalue weighted by molar-refractivity contribution is -0.133. The maximum absolute atomic E-state index is 12.7. The Morgan fingerprint density at radius 3 is 2.72 bits per heavy atom. The summed E-state index contributed by atoms with van der Waals surface area (Å²) >= 11 is 6.03. The van der Waals surface area contributed by atoms with E-state index in [9.17, 15) is 9.59 Å². The van der Waals surface area contributed by atoms with Gasteiger partial charge in [0, 0.05) is 62.0 Å². The van der Waals surface area contributed by atoms with Gasteiger partial charge < -0.3 is 14.5 Å². The highest BCUT2D eigenvalue weighted by molar-refractivity contribution is 6.30. The topological polar surface area (TPSA) is 78.9 Å². The van der Waals surface area contributed by atoms with Gasteiger partial charge in [0.15, 0.2) is 0 Å². The summed E-state index contributed by atoms with van der Waals surface area (Å²) in [5.41, 5.74) is 0.750. The summed E-state index contributed by atoms with van der Waals surface area (Å²) in [7, 11) is 0. The van der Waals surface area contributed by atoms with Gasteiger partial charge in [0.25, 0.3) is 0 Å². The van der Waals surface area contributed by atoms with Crippen molar-refractivity contribution in [2.45, 2.75) is 18.9 Å². The Balaban J connectivity index is 1.27. The van der Waals surface area contributed by atoms with Gasteiger partial charge in [-0.2, -0.15) is 0 Å². The second kappa shape index (κ2) is 8.65.